The van der Waals surface area contributed by atoms with Crippen molar-refractivity contribution >= 4 is 165 Å². The van der Waals surface area contributed by atoms with Crippen molar-refractivity contribution in [1.82, 2.24) is 0 Å². The van der Waals surface area contributed by atoms with Gasteiger partial charge in [0.1, 0.15) is 0 Å². The fraction of sp³-hybridized carbons (Fsp3) is 0.0233. The first kappa shape index (κ1) is 53.1. The highest BCUT2D eigenvalue weighted by Gasteiger charge is 2.38. The van der Waals surface area contributed by atoms with Crippen molar-refractivity contribution in [1.29, 1.82) is 0 Å². The number of aryl methyl sites for hydroxylation is 1. The van der Waals surface area contributed by atoms with Gasteiger partial charge in [-0.25, -0.2) is 0 Å². The first-order valence-electron chi connectivity index (χ1n) is 31.4. The number of benzene rings is 18. The second-order valence-electron chi connectivity index (χ2n) is 24.8. The van der Waals surface area contributed by atoms with E-state index in [9.17, 15) is 0 Å². The molecule has 0 aliphatic heterocycles. The van der Waals surface area contributed by atoms with Crippen LogP contribution in [0, 0.1) is 6.92 Å². The summed E-state index contributed by atoms with van der Waals surface area (Å²) < 4.78 is 48.6. The zero-order valence-corrected chi connectivity index (χ0v) is 49.7. The summed E-state index contributed by atoms with van der Waals surface area (Å²) in [5, 5.41) is 23.7. The summed E-state index contributed by atoms with van der Waals surface area (Å²) in [6, 6.07) is 108. The standard InChI is InChI=1S/C86H53B2F3/c1-52-22-2-11-31-61(52)75-50-78(87(82-62-32-12-3-23-53(62)46-54-24-4-13-33-63(54)82)83-64-34-14-5-25-55(64)47-56-26-6-15-35-65(56)83)73-45-43-72-76(70-40-20-21-41-77(70)86(89,90)91)51-79(74-44-42-71(75)80(73)81(72)74)88(84-66-36-16-7-27-57(66)48-58-28-8-17-37-67(58)84)85-68-38-18-9-29-59(68)49-60-30-10-19-39-69(60)85/h2-51H,1H3. The Bertz CT molecular complexity index is 5610. The van der Waals surface area contributed by atoms with E-state index in [1.807, 2.05) is 0 Å². The molecule has 0 aliphatic rings. The van der Waals surface area contributed by atoms with E-state index in [0.29, 0.717) is 5.56 Å². The van der Waals surface area contributed by atoms with E-state index >= 15 is 13.2 Å². The maximum Gasteiger partial charge on any atom is 0.417 e. The zero-order chi connectivity index (χ0) is 60.6. The molecular formula is C86H53B2F3. The zero-order valence-electron chi connectivity index (χ0n) is 49.7. The largest absolute Gasteiger partial charge is 0.417 e. The number of halogens is 3. The molecule has 0 spiro atoms. The fourth-order valence-corrected chi connectivity index (χ4v) is 16.2. The Morgan fingerprint density at radius 2 is 0.484 bits per heavy atom. The quantitative estimate of drug-likeness (QED) is 0.0808. The molecule has 5 heteroatoms. The van der Waals surface area contributed by atoms with E-state index in [1.165, 1.54) is 23.1 Å². The second-order valence-corrected chi connectivity index (χ2v) is 24.8. The molecule has 91 heavy (non-hydrogen) atoms. The normalized spacial score (nSPS) is 12.2. The van der Waals surface area contributed by atoms with Crippen LogP contribution in [0.1, 0.15) is 11.1 Å². The van der Waals surface area contributed by atoms with E-state index < -0.39 is 18.5 Å². The van der Waals surface area contributed by atoms with Crippen LogP contribution in [-0.4, -0.2) is 13.4 Å². The second kappa shape index (κ2) is 20.5. The number of hydrogen-bond donors (Lipinski definition) is 0. The molecule has 0 N–H and O–H groups in total. The van der Waals surface area contributed by atoms with E-state index in [0.717, 1.165) is 157 Å². The van der Waals surface area contributed by atoms with Gasteiger partial charge in [0.2, 0.25) is 13.4 Å². The van der Waals surface area contributed by atoms with Gasteiger partial charge in [-0.2, -0.15) is 13.2 Å². The molecular weight excluding hydrogens is 1110 g/mol. The highest BCUT2D eigenvalue weighted by atomic mass is 19.4. The minimum absolute atomic E-state index is 0.139. The molecule has 0 fully saturated rings. The van der Waals surface area contributed by atoms with E-state index in [-0.39, 0.29) is 12.3 Å². The summed E-state index contributed by atoms with van der Waals surface area (Å²) in [7, 11) is 0. The van der Waals surface area contributed by atoms with Crippen molar-refractivity contribution in [2.75, 3.05) is 0 Å². The van der Waals surface area contributed by atoms with Crippen LogP contribution >= 0.6 is 0 Å². The highest BCUT2D eigenvalue weighted by Crippen LogP contribution is 2.46. The molecule has 0 unspecified atom stereocenters. The van der Waals surface area contributed by atoms with Crippen LogP contribution in [0.15, 0.2) is 303 Å². The van der Waals surface area contributed by atoms with Crippen LogP contribution in [0.25, 0.3) is 141 Å². The van der Waals surface area contributed by atoms with Gasteiger partial charge in [-0.15, -0.1) is 0 Å². The Hall–Kier alpha value is -11.0. The Kier molecular flexibility index (Phi) is 12.0. The van der Waals surface area contributed by atoms with Gasteiger partial charge >= 0.3 is 6.18 Å². The lowest BCUT2D eigenvalue weighted by molar-refractivity contribution is -0.137. The van der Waals surface area contributed by atoms with Crippen LogP contribution in [0.2, 0.25) is 0 Å². The molecule has 18 aromatic carbocycles. The molecule has 0 radical (unpaired) electrons. The predicted molar refractivity (Wildman–Crippen MR) is 386 cm³/mol. The van der Waals surface area contributed by atoms with Gasteiger partial charge in [-0.05, 0) is 184 Å². The van der Waals surface area contributed by atoms with E-state index in [4.69, 9.17) is 0 Å². The van der Waals surface area contributed by atoms with Gasteiger partial charge in [-0.3, -0.25) is 0 Å². The van der Waals surface area contributed by atoms with Crippen molar-refractivity contribution in [3.05, 3.63) is 314 Å². The average Bonchev–Trinajstić information content (AvgIpc) is 0.723. The maximum atomic E-state index is 16.2. The summed E-state index contributed by atoms with van der Waals surface area (Å²) in [6.45, 7) is 1.28. The molecule has 0 amide bonds. The Labute approximate surface area is 524 Å². The Balaban J connectivity index is 1.10. The molecule has 0 saturated carbocycles. The fourth-order valence-electron chi connectivity index (χ4n) is 16.2. The molecule has 0 aromatic heterocycles. The third kappa shape index (κ3) is 8.20. The van der Waals surface area contributed by atoms with Gasteiger partial charge in [0.15, 0.2) is 0 Å². The van der Waals surface area contributed by atoms with Crippen LogP contribution in [0.4, 0.5) is 13.2 Å². The van der Waals surface area contributed by atoms with Crippen molar-refractivity contribution in [3.63, 3.8) is 0 Å². The number of rotatable bonds is 8. The summed E-state index contributed by atoms with van der Waals surface area (Å²) in [6.07, 6.45) is -4.67. The molecule has 0 atom stereocenters. The van der Waals surface area contributed by atoms with Crippen LogP contribution in [0.5, 0.6) is 0 Å². The van der Waals surface area contributed by atoms with Gasteiger partial charge in [0, 0.05) is 0 Å². The molecule has 18 aromatic rings. The Morgan fingerprint density at radius 3 is 0.791 bits per heavy atom. The first-order chi connectivity index (χ1) is 44.7. The van der Waals surface area contributed by atoms with E-state index in [1.54, 1.807) is 12.1 Å². The first-order valence-corrected chi connectivity index (χ1v) is 31.4. The molecule has 0 heterocycles. The van der Waals surface area contributed by atoms with Gasteiger partial charge in [0.25, 0.3) is 0 Å². The minimum Gasteiger partial charge on any atom is -0.166 e. The maximum absolute atomic E-state index is 16.2. The number of fused-ring (bicyclic) bond motifs is 8. The topological polar surface area (TPSA) is 0 Å². The highest BCUT2D eigenvalue weighted by molar-refractivity contribution is 7.03. The molecule has 0 bridgehead atoms. The number of alkyl halides is 3. The summed E-state index contributed by atoms with van der Waals surface area (Å²) in [5.74, 6) is 0. The van der Waals surface area contributed by atoms with E-state index in [2.05, 4.69) is 286 Å². The van der Waals surface area contributed by atoms with Gasteiger partial charge in [0.05, 0.1) is 5.56 Å². The predicted octanol–water partition coefficient (Wildman–Crippen LogP) is 19.5. The Morgan fingerprint density at radius 1 is 0.231 bits per heavy atom. The molecule has 0 saturated heterocycles. The summed E-state index contributed by atoms with van der Waals surface area (Å²) in [4.78, 5) is 0. The lowest BCUT2D eigenvalue weighted by atomic mass is 9.33. The summed E-state index contributed by atoms with van der Waals surface area (Å²) in [5.41, 5.74) is 9.93. The number of hydrogen-bond acceptors (Lipinski definition) is 0. The average molecular weight is 1160 g/mol. The van der Waals surface area contributed by atoms with Gasteiger partial charge < -0.3 is 0 Å². The SMILES string of the molecule is Cc1ccccc1-c1cc(B(c2c3ccccc3cc3ccccc23)c2c3ccccc3cc3ccccc23)c2ccc3c(-c4ccccc4C(F)(F)F)cc(B(c4c5ccccc5cc5ccccc45)c4c5ccccc5cc5ccccc45)c4ccc1c2c43. The molecule has 0 aliphatic carbocycles. The van der Waals surface area contributed by atoms with Crippen molar-refractivity contribution < 1.29 is 13.2 Å². The van der Waals surface area contributed by atoms with Crippen LogP contribution < -0.4 is 32.8 Å². The molecule has 0 nitrogen and oxygen atoms in total. The van der Waals surface area contributed by atoms with Crippen molar-refractivity contribution in [2.45, 2.75) is 13.1 Å². The van der Waals surface area contributed by atoms with Crippen molar-refractivity contribution in [3.8, 4) is 22.3 Å². The monoisotopic (exact) mass is 1160 g/mol. The lowest BCUT2D eigenvalue weighted by Gasteiger charge is -2.29. The summed E-state index contributed by atoms with van der Waals surface area (Å²) >= 11 is 0. The van der Waals surface area contributed by atoms with Crippen LogP contribution in [-0.2, 0) is 6.18 Å². The lowest BCUT2D eigenvalue weighted by Crippen LogP contribution is -2.54. The molecule has 424 valence electrons. The van der Waals surface area contributed by atoms with Gasteiger partial charge in [-0.1, -0.05) is 306 Å². The van der Waals surface area contributed by atoms with Crippen LogP contribution in [0.3, 0.4) is 0 Å². The molecule has 18 rings (SSSR count). The third-order valence-electron chi connectivity index (χ3n) is 19.9. The smallest absolute Gasteiger partial charge is 0.166 e. The van der Waals surface area contributed by atoms with Crippen molar-refractivity contribution in [2.24, 2.45) is 0 Å². The minimum atomic E-state index is -4.67. The third-order valence-corrected chi connectivity index (χ3v) is 19.9.